The van der Waals surface area contributed by atoms with Crippen LogP contribution in [0.5, 0.6) is 5.75 Å². The van der Waals surface area contributed by atoms with Gasteiger partial charge in [0.1, 0.15) is 11.6 Å². The van der Waals surface area contributed by atoms with Crippen molar-refractivity contribution in [3.05, 3.63) is 41.4 Å². The van der Waals surface area contributed by atoms with E-state index in [-0.39, 0.29) is 12.5 Å². The number of hydrogen-bond donors (Lipinski definition) is 2. The first kappa shape index (κ1) is 17.5. The Labute approximate surface area is 151 Å². The Kier molecular flexibility index (Phi) is 6.06. The molecular weight excluding hydrogens is 340 g/mol. The molecule has 2 N–H and O–H groups in total. The second kappa shape index (κ2) is 8.67. The molecule has 1 aromatic heterocycles. The molecule has 0 bridgehead atoms. The van der Waals surface area contributed by atoms with Gasteiger partial charge in [0.05, 0.1) is 0 Å². The van der Waals surface area contributed by atoms with Crippen LogP contribution in [0.2, 0.25) is 5.02 Å². The average molecular weight is 361 g/mol. The first-order valence-corrected chi connectivity index (χ1v) is 8.85. The lowest BCUT2D eigenvalue weighted by atomic mass is 9.95. The number of anilines is 2. The third-order valence-corrected chi connectivity index (χ3v) is 4.32. The van der Waals surface area contributed by atoms with E-state index >= 15 is 0 Å². The number of amides is 1. The number of halogens is 1. The van der Waals surface area contributed by atoms with Gasteiger partial charge in [0.25, 0.3) is 5.91 Å². The zero-order valence-corrected chi connectivity index (χ0v) is 14.6. The Bertz CT molecular complexity index is 685. The molecule has 1 saturated carbocycles. The summed E-state index contributed by atoms with van der Waals surface area (Å²) in [4.78, 5) is 11.9. The molecular formula is C18H21ClN4O2. The van der Waals surface area contributed by atoms with Crippen LogP contribution in [0.25, 0.3) is 0 Å². The van der Waals surface area contributed by atoms with Gasteiger partial charge in [-0.15, -0.1) is 10.2 Å². The Hall–Kier alpha value is -2.34. The number of aromatic nitrogens is 2. The van der Waals surface area contributed by atoms with E-state index < -0.39 is 0 Å². The molecule has 0 aliphatic heterocycles. The lowest BCUT2D eigenvalue weighted by Gasteiger charge is -2.22. The Morgan fingerprint density at radius 1 is 1.04 bits per heavy atom. The fourth-order valence-electron chi connectivity index (χ4n) is 2.79. The molecule has 1 fully saturated rings. The number of nitrogens with one attached hydrogen (secondary N) is 2. The summed E-state index contributed by atoms with van der Waals surface area (Å²) in [6.07, 6.45) is 6.16. The van der Waals surface area contributed by atoms with E-state index in [1.165, 1.54) is 32.1 Å². The van der Waals surface area contributed by atoms with Crippen LogP contribution in [0.4, 0.5) is 11.6 Å². The van der Waals surface area contributed by atoms with Crippen LogP contribution in [0, 0.1) is 0 Å². The number of benzene rings is 1. The van der Waals surface area contributed by atoms with Crippen molar-refractivity contribution in [1.82, 2.24) is 10.2 Å². The summed E-state index contributed by atoms with van der Waals surface area (Å²) < 4.78 is 5.39. The quantitative estimate of drug-likeness (QED) is 0.817. The van der Waals surface area contributed by atoms with Gasteiger partial charge in [0, 0.05) is 11.1 Å². The van der Waals surface area contributed by atoms with Gasteiger partial charge in [-0.2, -0.15) is 0 Å². The fraction of sp³-hybridized carbons (Fsp3) is 0.389. The van der Waals surface area contributed by atoms with Gasteiger partial charge in [-0.3, -0.25) is 4.79 Å². The van der Waals surface area contributed by atoms with Gasteiger partial charge in [-0.1, -0.05) is 30.9 Å². The zero-order valence-electron chi connectivity index (χ0n) is 13.9. The second-order valence-corrected chi connectivity index (χ2v) is 6.51. The predicted octanol–water partition coefficient (Wildman–Crippen LogP) is 3.89. The van der Waals surface area contributed by atoms with Gasteiger partial charge >= 0.3 is 0 Å². The lowest BCUT2D eigenvalue weighted by Crippen LogP contribution is -2.23. The number of rotatable bonds is 6. The minimum Gasteiger partial charge on any atom is -0.484 e. The highest BCUT2D eigenvalue weighted by Crippen LogP contribution is 2.20. The van der Waals surface area contributed by atoms with E-state index in [9.17, 15) is 4.79 Å². The van der Waals surface area contributed by atoms with Crippen LogP contribution >= 0.6 is 11.6 Å². The topological polar surface area (TPSA) is 76.1 Å². The number of nitrogens with zero attached hydrogens (tertiary/aromatic N) is 2. The molecule has 0 spiro atoms. The highest BCUT2D eigenvalue weighted by molar-refractivity contribution is 6.30. The highest BCUT2D eigenvalue weighted by atomic mass is 35.5. The molecule has 0 unspecified atom stereocenters. The number of carbonyl (C=O) groups is 1. The Balaban J connectivity index is 1.45. The third-order valence-electron chi connectivity index (χ3n) is 4.07. The molecule has 1 aromatic carbocycles. The molecule has 0 saturated heterocycles. The largest absolute Gasteiger partial charge is 0.484 e. The first-order valence-electron chi connectivity index (χ1n) is 8.47. The normalized spacial score (nSPS) is 14.8. The predicted molar refractivity (Wildman–Crippen MR) is 98.1 cm³/mol. The molecule has 1 amide bonds. The SMILES string of the molecule is O=C(COc1ccc(Cl)cc1)Nc1ccc(NC2CCCCC2)nn1. The number of ether oxygens (including phenoxy) is 1. The van der Waals surface area contributed by atoms with Crippen molar-refractivity contribution in [2.45, 2.75) is 38.1 Å². The van der Waals surface area contributed by atoms with Gasteiger partial charge < -0.3 is 15.4 Å². The van der Waals surface area contributed by atoms with Crippen LogP contribution < -0.4 is 15.4 Å². The lowest BCUT2D eigenvalue weighted by molar-refractivity contribution is -0.118. The standard InChI is InChI=1S/C18H21ClN4O2/c19-13-6-8-15(9-7-13)25-12-18(24)21-17-11-10-16(22-23-17)20-14-4-2-1-3-5-14/h6-11,14H,1-5,12H2,(H,20,22)(H,21,23,24). The molecule has 132 valence electrons. The van der Waals surface area contributed by atoms with E-state index in [0.717, 1.165) is 5.82 Å². The summed E-state index contributed by atoms with van der Waals surface area (Å²) in [6.45, 7) is -0.106. The molecule has 1 aliphatic carbocycles. The molecule has 7 heteroatoms. The summed E-state index contributed by atoms with van der Waals surface area (Å²) in [5, 5.41) is 14.8. The molecule has 6 nitrogen and oxygen atoms in total. The number of hydrogen-bond acceptors (Lipinski definition) is 5. The van der Waals surface area contributed by atoms with Crippen LogP contribution in [0.1, 0.15) is 32.1 Å². The molecule has 0 radical (unpaired) electrons. The van der Waals surface area contributed by atoms with E-state index in [0.29, 0.717) is 22.6 Å². The van der Waals surface area contributed by atoms with Crippen molar-refractivity contribution < 1.29 is 9.53 Å². The summed E-state index contributed by atoms with van der Waals surface area (Å²) in [5.41, 5.74) is 0. The summed E-state index contributed by atoms with van der Waals surface area (Å²) in [6, 6.07) is 10.9. The van der Waals surface area contributed by atoms with E-state index in [1.54, 1.807) is 30.3 Å². The summed E-state index contributed by atoms with van der Waals surface area (Å²) in [7, 11) is 0. The molecule has 1 aliphatic rings. The number of carbonyl (C=O) groups excluding carboxylic acids is 1. The maximum atomic E-state index is 11.9. The van der Waals surface area contributed by atoms with E-state index in [2.05, 4.69) is 20.8 Å². The zero-order chi connectivity index (χ0) is 17.5. The minimum absolute atomic E-state index is 0.106. The highest BCUT2D eigenvalue weighted by Gasteiger charge is 2.13. The summed E-state index contributed by atoms with van der Waals surface area (Å²) in [5.74, 6) is 1.43. The van der Waals surface area contributed by atoms with Gasteiger partial charge in [-0.25, -0.2) is 0 Å². The van der Waals surface area contributed by atoms with Crippen LogP contribution in [0.3, 0.4) is 0 Å². The Morgan fingerprint density at radius 3 is 2.40 bits per heavy atom. The van der Waals surface area contributed by atoms with E-state index in [1.807, 2.05) is 6.07 Å². The molecule has 2 aromatic rings. The van der Waals surface area contributed by atoms with E-state index in [4.69, 9.17) is 16.3 Å². The van der Waals surface area contributed by atoms with Crippen molar-refractivity contribution in [3.63, 3.8) is 0 Å². The van der Waals surface area contributed by atoms with Crippen LogP contribution in [0.15, 0.2) is 36.4 Å². The molecule has 25 heavy (non-hydrogen) atoms. The smallest absolute Gasteiger partial charge is 0.263 e. The van der Waals surface area contributed by atoms with Crippen LogP contribution in [-0.4, -0.2) is 28.8 Å². The second-order valence-electron chi connectivity index (χ2n) is 6.07. The first-order chi connectivity index (χ1) is 12.2. The monoisotopic (exact) mass is 360 g/mol. The fourth-order valence-corrected chi connectivity index (χ4v) is 2.92. The van der Waals surface area contributed by atoms with Crippen molar-refractivity contribution in [3.8, 4) is 5.75 Å². The molecule has 0 atom stereocenters. The van der Waals surface area contributed by atoms with Gasteiger partial charge in [-0.05, 0) is 49.2 Å². The van der Waals surface area contributed by atoms with Crippen molar-refractivity contribution in [2.75, 3.05) is 17.2 Å². The summed E-state index contributed by atoms with van der Waals surface area (Å²) >= 11 is 5.80. The van der Waals surface area contributed by atoms with Crippen LogP contribution in [-0.2, 0) is 4.79 Å². The maximum absolute atomic E-state index is 11.9. The van der Waals surface area contributed by atoms with Crippen molar-refractivity contribution >= 4 is 29.1 Å². The third kappa shape index (κ3) is 5.60. The van der Waals surface area contributed by atoms with Crippen molar-refractivity contribution in [1.29, 1.82) is 0 Å². The Morgan fingerprint density at radius 2 is 1.72 bits per heavy atom. The maximum Gasteiger partial charge on any atom is 0.263 e. The molecule has 1 heterocycles. The van der Waals surface area contributed by atoms with Gasteiger partial charge in [0.15, 0.2) is 12.4 Å². The average Bonchev–Trinajstić information content (AvgIpc) is 2.64. The minimum atomic E-state index is -0.294. The molecule has 3 rings (SSSR count). The van der Waals surface area contributed by atoms with Gasteiger partial charge in [0.2, 0.25) is 0 Å². The van der Waals surface area contributed by atoms with Crippen molar-refractivity contribution in [2.24, 2.45) is 0 Å².